The summed E-state index contributed by atoms with van der Waals surface area (Å²) in [5.41, 5.74) is 1.46. The average molecular weight is 366 g/mol. The van der Waals surface area contributed by atoms with Crippen molar-refractivity contribution in [3.63, 3.8) is 0 Å². The standard InChI is InChI=1S/C12H14N8O4S/c21-9(15-12-17-14-7-25-12)6-18-1-3-19(4-2-18)11(22)8-5-13-16-10(8)20(23)24/h5,7H,1-4,6H2,(H,13,16)(H,15,17,21). The van der Waals surface area contributed by atoms with Crippen molar-refractivity contribution in [2.45, 2.75) is 0 Å². The van der Waals surface area contributed by atoms with E-state index >= 15 is 0 Å². The lowest BCUT2D eigenvalue weighted by Gasteiger charge is -2.33. The Morgan fingerprint density at radius 3 is 2.76 bits per heavy atom. The van der Waals surface area contributed by atoms with E-state index in [4.69, 9.17) is 0 Å². The lowest BCUT2D eigenvalue weighted by molar-refractivity contribution is -0.389. The second-order valence-corrected chi connectivity index (χ2v) is 6.08. The number of carbonyl (C=O) groups excluding carboxylic acids is 2. The van der Waals surface area contributed by atoms with Gasteiger partial charge in [0.25, 0.3) is 5.91 Å². The first-order valence-electron chi connectivity index (χ1n) is 7.30. The van der Waals surface area contributed by atoms with Gasteiger partial charge in [0.15, 0.2) is 5.56 Å². The first kappa shape index (κ1) is 16.9. The Morgan fingerprint density at radius 2 is 2.12 bits per heavy atom. The summed E-state index contributed by atoms with van der Waals surface area (Å²) in [6.45, 7) is 1.88. The molecule has 3 heterocycles. The molecule has 13 heteroatoms. The molecule has 2 aromatic rings. The normalized spacial score (nSPS) is 15.1. The minimum absolute atomic E-state index is 0.0625. The molecule has 0 spiro atoms. The summed E-state index contributed by atoms with van der Waals surface area (Å²) < 4.78 is 0. The number of H-pyrrole nitrogens is 1. The van der Waals surface area contributed by atoms with E-state index in [1.165, 1.54) is 21.7 Å². The van der Waals surface area contributed by atoms with E-state index < -0.39 is 16.6 Å². The molecule has 2 aromatic heterocycles. The number of nitrogens with zero attached hydrogens (tertiary/aromatic N) is 6. The summed E-state index contributed by atoms with van der Waals surface area (Å²) in [6, 6.07) is 0. The van der Waals surface area contributed by atoms with E-state index in [9.17, 15) is 19.7 Å². The van der Waals surface area contributed by atoms with E-state index in [0.717, 1.165) is 6.20 Å². The predicted molar refractivity (Wildman–Crippen MR) is 86.1 cm³/mol. The Hall–Kier alpha value is -2.93. The molecule has 0 saturated carbocycles. The van der Waals surface area contributed by atoms with Crippen molar-refractivity contribution in [3.05, 3.63) is 27.4 Å². The molecule has 25 heavy (non-hydrogen) atoms. The maximum atomic E-state index is 12.4. The van der Waals surface area contributed by atoms with Crippen LogP contribution in [-0.2, 0) is 4.79 Å². The van der Waals surface area contributed by atoms with Crippen LogP contribution in [0.2, 0.25) is 0 Å². The van der Waals surface area contributed by atoms with Crippen molar-refractivity contribution in [1.82, 2.24) is 30.2 Å². The Bertz CT molecular complexity index is 768. The lowest BCUT2D eigenvalue weighted by atomic mass is 10.2. The molecule has 0 unspecified atom stereocenters. The van der Waals surface area contributed by atoms with Crippen LogP contribution in [-0.4, -0.2) is 79.7 Å². The fourth-order valence-corrected chi connectivity index (χ4v) is 2.91. The molecule has 2 amide bonds. The van der Waals surface area contributed by atoms with Crippen LogP contribution in [0, 0.1) is 10.1 Å². The third kappa shape index (κ3) is 3.95. The van der Waals surface area contributed by atoms with Crippen LogP contribution in [0.1, 0.15) is 10.4 Å². The molecule has 1 aliphatic heterocycles. The summed E-state index contributed by atoms with van der Waals surface area (Å²) >= 11 is 1.23. The molecule has 0 radical (unpaired) electrons. The predicted octanol–water partition coefficient (Wildman–Crippen LogP) is -0.434. The first-order chi connectivity index (χ1) is 12.0. The molecule has 1 fully saturated rings. The smallest absolute Gasteiger partial charge is 0.355 e. The third-order valence-corrected chi connectivity index (χ3v) is 4.27. The van der Waals surface area contributed by atoms with Crippen LogP contribution in [0.3, 0.4) is 0 Å². The Kier molecular flexibility index (Phi) is 4.95. The number of nitro groups is 1. The number of nitrogens with one attached hydrogen (secondary N) is 2. The van der Waals surface area contributed by atoms with E-state index in [2.05, 4.69) is 25.7 Å². The topological polar surface area (TPSA) is 150 Å². The van der Waals surface area contributed by atoms with Gasteiger partial charge in [-0.05, 0) is 4.92 Å². The van der Waals surface area contributed by atoms with Gasteiger partial charge in [-0.2, -0.15) is 0 Å². The maximum Gasteiger partial charge on any atom is 0.355 e. The molecular formula is C12H14N8O4S. The molecule has 0 aliphatic carbocycles. The quantitative estimate of drug-likeness (QED) is 0.534. The number of amides is 2. The number of aromatic nitrogens is 4. The largest absolute Gasteiger partial charge is 0.358 e. The molecule has 0 atom stereocenters. The van der Waals surface area contributed by atoms with E-state index in [1.54, 1.807) is 0 Å². The van der Waals surface area contributed by atoms with E-state index in [0.29, 0.717) is 31.3 Å². The maximum absolute atomic E-state index is 12.4. The molecule has 12 nitrogen and oxygen atoms in total. The highest BCUT2D eigenvalue weighted by atomic mass is 32.1. The zero-order valence-electron chi connectivity index (χ0n) is 12.9. The van der Waals surface area contributed by atoms with Gasteiger partial charge in [0.2, 0.25) is 11.0 Å². The van der Waals surface area contributed by atoms with Gasteiger partial charge in [-0.15, -0.1) is 15.3 Å². The molecule has 0 aromatic carbocycles. The van der Waals surface area contributed by atoms with Crippen molar-refractivity contribution in [1.29, 1.82) is 0 Å². The van der Waals surface area contributed by atoms with Crippen LogP contribution in [0.15, 0.2) is 11.7 Å². The summed E-state index contributed by atoms with van der Waals surface area (Å²) in [7, 11) is 0. The van der Waals surface area contributed by atoms with E-state index in [-0.39, 0.29) is 18.0 Å². The Balaban J connectivity index is 1.51. The molecule has 1 saturated heterocycles. The number of carbonyl (C=O) groups is 2. The summed E-state index contributed by atoms with van der Waals surface area (Å²) in [5, 5.41) is 27.1. The number of anilines is 1. The van der Waals surface area contributed by atoms with Gasteiger partial charge >= 0.3 is 5.82 Å². The van der Waals surface area contributed by atoms with Gasteiger partial charge in [0.05, 0.1) is 12.7 Å². The fraction of sp³-hybridized carbons (Fsp3) is 0.417. The highest BCUT2D eigenvalue weighted by Crippen LogP contribution is 2.17. The highest BCUT2D eigenvalue weighted by molar-refractivity contribution is 7.13. The van der Waals surface area contributed by atoms with Gasteiger partial charge in [0.1, 0.15) is 5.51 Å². The van der Waals surface area contributed by atoms with Crippen LogP contribution in [0.25, 0.3) is 0 Å². The number of rotatable bonds is 5. The zero-order chi connectivity index (χ0) is 17.8. The van der Waals surface area contributed by atoms with Crippen LogP contribution in [0.4, 0.5) is 10.9 Å². The zero-order valence-corrected chi connectivity index (χ0v) is 13.7. The summed E-state index contributed by atoms with van der Waals surface area (Å²) in [6.07, 6.45) is 1.16. The van der Waals surface area contributed by atoms with Crippen LogP contribution >= 0.6 is 11.3 Å². The van der Waals surface area contributed by atoms with Gasteiger partial charge in [-0.3, -0.25) is 19.8 Å². The van der Waals surface area contributed by atoms with Crippen molar-refractivity contribution < 1.29 is 14.5 Å². The number of hydrogen-bond donors (Lipinski definition) is 2. The second kappa shape index (κ2) is 7.31. The number of aromatic amines is 1. The van der Waals surface area contributed by atoms with Crippen LogP contribution in [0.5, 0.6) is 0 Å². The molecule has 2 N–H and O–H groups in total. The first-order valence-corrected chi connectivity index (χ1v) is 8.18. The minimum atomic E-state index is -0.672. The van der Waals surface area contributed by atoms with Gasteiger partial charge in [-0.25, -0.2) is 0 Å². The number of hydrogen-bond acceptors (Lipinski definition) is 9. The molecule has 3 rings (SSSR count). The second-order valence-electron chi connectivity index (χ2n) is 5.25. The van der Waals surface area contributed by atoms with Crippen molar-refractivity contribution in [2.75, 3.05) is 38.0 Å². The molecule has 1 aliphatic rings. The Labute approximate surface area is 145 Å². The molecule has 132 valence electrons. The SMILES string of the molecule is O=C(CN1CCN(C(=O)c2cn[nH]c2[N+](=O)[O-])CC1)Nc1nncs1. The van der Waals surface area contributed by atoms with Crippen LogP contribution < -0.4 is 5.32 Å². The van der Waals surface area contributed by atoms with Gasteiger partial charge < -0.3 is 15.0 Å². The average Bonchev–Trinajstić information content (AvgIpc) is 3.26. The minimum Gasteiger partial charge on any atom is -0.358 e. The third-order valence-electron chi connectivity index (χ3n) is 3.67. The number of piperazine rings is 1. The van der Waals surface area contributed by atoms with E-state index in [1.807, 2.05) is 4.90 Å². The highest BCUT2D eigenvalue weighted by Gasteiger charge is 2.29. The van der Waals surface area contributed by atoms with Gasteiger partial charge in [0, 0.05) is 26.2 Å². The Morgan fingerprint density at radius 1 is 1.36 bits per heavy atom. The lowest BCUT2D eigenvalue weighted by Crippen LogP contribution is -2.50. The van der Waals surface area contributed by atoms with Crippen molar-refractivity contribution in [2.24, 2.45) is 0 Å². The van der Waals surface area contributed by atoms with Crippen molar-refractivity contribution >= 4 is 34.1 Å². The van der Waals surface area contributed by atoms with Gasteiger partial charge in [-0.1, -0.05) is 16.4 Å². The monoisotopic (exact) mass is 366 g/mol. The molecular weight excluding hydrogens is 352 g/mol. The summed E-state index contributed by atoms with van der Waals surface area (Å²) in [5.74, 6) is -1.07. The molecule has 0 bridgehead atoms. The summed E-state index contributed by atoms with van der Waals surface area (Å²) in [4.78, 5) is 37.9. The fourth-order valence-electron chi connectivity index (χ4n) is 2.44. The van der Waals surface area contributed by atoms with Crippen molar-refractivity contribution in [3.8, 4) is 0 Å².